The van der Waals surface area contributed by atoms with E-state index in [4.69, 9.17) is 0 Å². The number of amides is 2. The van der Waals surface area contributed by atoms with Gasteiger partial charge < -0.3 is 0 Å². The molecule has 0 N–H and O–H groups in total. The van der Waals surface area contributed by atoms with Crippen LogP contribution in [0.5, 0.6) is 0 Å². The van der Waals surface area contributed by atoms with Gasteiger partial charge in [0.15, 0.2) is 5.16 Å². The van der Waals surface area contributed by atoms with E-state index >= 15 is 0 Å². The van der Waals surface area contributed by atoms with Gasteiger partial charge in [0.05, 0.1) is 5.69 Å². The molecule has 1 aromatic carbocycles. The van der Waals surface area contributed by atoms with Gasteiger partial charge in [-0.25, -0.2) is 4.98 Å². The smallest absolute Gasteiger partial charge is 0.229 e. The van der Waals surface area contributed by atoms with Gasteiger partial charge in [-0.2, -0.15) is 0 Å². The number of benzene rings is 1. The van der Waals surface area contributed by atoms with Gasteiger partial charge in [-0.1, -0.05) is 30.0 Å². The number of hydrogen-bond acceptors (Lipinski definition) is 4. The van der Waals surface area contributed by atoms with Crippen molar-refractivity contribution in [3.8, 4) is 5.69 Å². The molecule has 0 unspecified atom stereocenters. The number of aromatic nitrogens is 2. The number of aryl methyl sites for hydroxylation is 1. The highest BCUT2D eigenvalue weighted by Crippen LogP contribution is 2.23. The number of carbonyl (C=O) groups is 2. The van der Waals surface area contributed by atoms with Crippen molar-refractivity contribution < 1.29 is 9.59 Å². The molecule has 0 saturated carbocycles. The molecule has 2 aromatic rings. The van der Waals surface area contributed by atoms with E-state index in [0.29, 0.717) is 25.1 Å². The van der Waals surface area contributed by atoms with E-state index in [-0.39, 0.29) is 11.8 Å². The number of thioether (sulfide) groups is 1. The second-order valence-electron chi connectivity index (χ2n) is 5.15. The van der Waals surface area contributed by atoms with Crippen molar-refractivity contribution in [1.82, 2.24) is 14.5 Å². The Balaban J connectivity index is 1.67. The number of para-hydroxylation sites is 1. The van der Waals surface area contributed by atoms with Gasteiger partial charge >= 0.3 is 0 Å². The fraction of sp³-hybridized carbons (Fsp3) is 0.312. The molecule has 0 atom stereocenters. The molecule has 0 aliphatic carbocycles. The van der Waals surface area contributed by atoms with Crippen LogP contribution in [0.1, 0.15) is 18.4 Å². The Morgan fingerprint density at radius 2 is 1.91 bits per heavy atom. The topological polar surface area (TPSA) is 55.2 Å². The van der Waals surface area contributed by atoms with Crippen LogP contribution < -0.4 is 0 Å². The molecule has 2 heterocycles. The molecule has 1 saturated heterocycles. The standard InChI is InChI=1S/C16H17N3O2S/c1-12-4-2-3-5-13(12)18-9-8-17-16(18)22-11-10-19-14(20)6-7-15(19)21/h2-5,8-9H,6-7,10-11H2,1H3. The third-order valence-corrected chi connectivity index (χ3v) is 4.63. The maximum absolute atomic E-state index is 11.6. The number of imide groups is 1. The monoisotopic (exact) mass is 315 g/mol. The quantitative estimate of drug-likeness (QED) is 0.628. The largest absolute Gasteiger partial charge is 0.295 e. The van der Waals surface area contributed by atoms with Gasteiger partial charge in [0, 0.05) is 37.5 Å². The first-order chi connectivity index (χ1) is 10.7. The predicted molar refractivity (Wildman–Crippen MR) is 85.0 cm³/mol. The van der Waals surface area contributed by atoms with Gasteiger partial charge in [-0.05, 0) is 18.6 Å². The third kappa shape index (κ3) is 2.92. The lowest BCUT2D eigenvalue weighted by Gasteiger charge is -2.14. The highest BCUT2D eigenvalue weighted by Gasteiger charge is 2.28. The minimum atomic E-state index is -0.0622. The van der Waals surface area contributed by atoms with Crippen LogP contribution in [0.2, 0.25) is 0 Å². The number of likely N-dealkylation sites (tertiary alicyclic amines) is 1. The number of hydrogen-bond donors (Lipinski definition) is 0. The lowest BCUT2D eigenvalue weighted by atomic mass is 10.2. The summed E-state index contributed by atoms with van der Waals surface area (Å²) in [6.45, 7) is 2.51. The molecule has 22 heavy (non-hydrogen) atoms. The van der Waals surface area contributed by atoms with Crippen molar-refractivity contribution >= 4 is 23.6 Å². The lowest BCUT2D eigenvalue weighted by molar-refractivity contribution is -0.137. The summed E-state index contributed by atoms with van der Waals surface area (Å²) >= 11 is 1.55. The maximum atomic E-state index is 11.6. The van der Waals surface area contributed by atoms with Crippen LogP contribution in [0.15, 0.2) is 41.8 Å². The third-order valence-electron chi connectivity index (χ3n) is 3.68. The minimum absolute atomic E-state index is 0.0622. The van der Waals surface area contributed by atoms with Gasteiger partial charge in [0.2, 0.25) is 11.8 Å². The summed E-state index contributed by atoms with van der Waals surface area (Å²) in [7, 11) is 0. The first-order valence-electron chi connectivity index (χ1n) is 7.22. The van der Waals surface area contributed by atoms with E-state index in [9.17, 15) is 9.59 Å². The van der Waals surface area contributed by atoms with E-state index in [2.05, 4.69) is 24.0 Å². The zero-order valence-electron chi connectivity index (χ0n) is 12.4. The molecule has 5 nitrogen and oxygen atoms in total. The molecule has 1 aliphatic heterocycles. The van der Waals surface area contributed by atoms with Crippen LogP contribution >= 0.6 is 11.8 Å². The summed E-state index contributed by atoms with van der Waals surface area (Å²) in [4.78, 5) is 28.9. The van der Waals surface area contributed by atoms with Crippen LogP contribution in [0.4, 0.5) is 0 Å². The summed E-state index contributed by atoms with van der Waals surface area (Å²) < 4.78 is 2.04. The molecule has 0 bridgehead atoms. The van der Waals surface area contributed by atoms with Gasteiger partial charge in [0.25, 0.3) is 0 Å². The van der Waals surface area contributed by atoms with E-state index in [1.807, 2.05) is 22.9 Å². The fourth-order valence-corrected chi connectivity index (χ4v) is 3.40. The van der Waals surface area contributed by atoms with Crippen molar-refractivity contribution in [2.75, 3.05) is 12.3 Å². The van der Waals surface area contributed by atoms with E-state index in [1.54, 1.807) is 18.0 Å². The maximum Gasteiger partial charge on any atom is 0.229 e. The molecule has 1 aromatic heterocycles. The van der Waals surface area contributed by atoms with Crippen LogP contribution in [-0.2, 0) is 9.59 Å². The summed E-state index contributed by atoms with van der Waals surface area (Å²) in [5.74, 6) is 0.529. The normalized spacial score (nSPS) is 14.9. The van der Waals surface area contributed by atoms with Gasteiger partial charge in [0.1, 0.15) is 0 Å². The molecule has 114 valence electrons. The molecule has 0 spiro atoms. The molecule has 2 amide bonds. The molecule has 1 fully saturated rings. The number of nitrogens with zero attached hydrogens (tertiary/aromatic N) is 3. The van der Waals surface area contributed by atoms with Gasteiger partial charge in [-0.15, -0.1) is 0 Å². The van der Waals surface area contributed by atoms with E-state index in [0.717, 1.165) is 10.8 Å². The Hall–Kier alpha value is -2.08. The van der Waals surface area contributed by atoms with E-state index < -0.39 is 0 Å². The zero-order valence-corrected chi connectivity index (χ0v) is 13.2. The van der Waals surface area contributed by atoms with Crippen LogP contribution in [0, 0.1) is 6.92 Å². The first-order valence-corrected chi connectivity index (χ1v) is 8.21. The Kier molecular flexibility index (Phi) is 4.29. The van der Waals surface area contributed by atoms with Crippen molar-refractivity contribution in [2.45, 2.75) is 24.9 Å². The average Bonchev–Trinajstić information content (AvgIpc) is 3.09. The minimum Gasteiger partial charge on any atom is -0.295 e. The molecule has 0 radical (unpaired) electrons. The van der Waals surface area contributed by atoms with Crippen molar-refractivity contribution in [3.05, 3.63) is 42.2 Å². The summed E-state index contributed by atoms with van der Waals surface area (Å²) in [5, 5.41) is 0.869. The molecule has 3 rings (SSSR count). The fourth-order valence-electron chi connectivity index (χ4n) is 2.51. The second kappa shape index (κ2) is 6.36. The molecule has 6 heteroatoms. The Bertz CT molecular complexity index is 695. The van der Waals surface area contributed by atoms with Crippen LogP contribution in [0.3, 0.4) is 0 Å². The highest BCUT2D eigenvalue weighted by atomic mass is 32.2. The Morgan fingerprint density at radius 1 is 1.18 bits per heavy atom. The summed E-state index contributed by atoms with van der Waals surface area (Å²) in [6, 6.07) is 8.12. The van der Waals surface area contributed by atoms with Gasteiger partial charge in [-0.3, -0.25) is 19.1 Å². The molecular weight excluding hydrogens is 298 g/mol. The number of rotatable bonds is 5. The zero-order chi connectivity index (χ0) is 15.5. The SMILES string of the molecule is Cc1ccccc1-n1ccnc1SCCN1C(=O)CCC1=O. The van der Waals surface area contributed by atoms with Crippen molar-refractivity contribution in [3.63, 3.8) is 0 Å². The summed E-state index contributed by atoms with van der Waals surface area (Å²) in [5.41, 5.74) is 2.27. The van der Waals surface area contributed by atoms with Crippen LogP contribution in [0.25, 0.3) is 5.69 Å². The Labute approximate surface area is 133 Å². The summed E-state index contributed by atoms with van der Waals surface area (Å²) in [6.07, 6.45) is 4.39. The predicted octanol–water partition coefficient (Wildman–Crippen LogP) is 2.42. The van der Waals surface area contributed by atoms with Crippen LogP contribution in [-0.4, -0.2) is 38.6 Å². The second-order valence-corrected chi connectivity index (χ2v) is 6.22. The number of carbonyl (C=O) groups excluding carboxylic acids is 2. The Morgan fingerprint density at radius 3 is 2.64 bits per heavy atom. The van der Waals surface area contributed by atoms with Crippen molar-refractivity contribution in [1.29, 1.82) is 0 Å². The highest BCUT2D eigenvalue weighted by molar-refractivity contribution is 7.99. The molecule has 1 aliphatic rings. The van der Waals surface area contributed by atoms with Crippen molar-refractivity contribution in [2.24, 2.45) is 0 Å². The lowest BCUT2D eigenvalue weighted by Crippen LogP contribution is -2.31. The average molecular weight is 315 g/mol. The van der Waals surface area contributed by atoms with E-state index in [1.165, 1.54) is 10.5 Å². The molecular formula is C16H17N3O2S. The number of imidazole rings is 1. The first kappa shape index (κ1) is 14.8.